The van der Waals surface area contributed by atoms with E-state index in [1.165, 1.54) is 37.6 Å². The highest BCUT2D eigenvalue weighted by atomic mass is 32.1. The minimum absolute atomic E-state index is 0.586. The van der Waals surface area contributed by atoms with E-state index in [-0.39, 0.29) is 0 Å². The van der Waals surface area contributed by atoms with Gasteiger partial charge in [-0.3, -0.25) is 4.99 Å². The van der Waals surface area contributed by atoms with E-state index in [0.717, 1.165) is 38.6 Å². The molecule has 0 saturated carbocycles. The van der Waals surface area contributed by atoms with E-state index in [1.807, 2.05) is 11.3 Å². The Bertz CT molecular complexity index is 508. The predicted octanol–water partition coefficient (Wildman–Crippen LogP) is 2.46. The lowest BCUT2D eigenvalue weighted by molar-refractivity contribution is 0.125. The van der Waals surface area contributed by atoms with Crippen molar-refractivity contribution in [2.24, 2.45) is 10.9 Å². The molecule has 1 fully saturated rings. The van der Waals surface area contributed by atoms with Crippen molar-refractivity contribution in [3.63, 3.8) is 0 Å². The second-order valence-electron chi connectivity index (χ2n) is 7.29. The Morgan fingerprint density at radius 1 is 1.27 bits per heavy atom. The molecule has 1 aliphatic heterocycles. The van der Waals surface area contributed by atoms with Crippen LogP contribution in [0.15, 0.2) is 22.5 Å². The number of rotatable bonds is 9. The highest BCUT2D eigenvalue weighted by molar-refractivity contribution is 7.09. The number of likely N-dealkylation sites (N-methyl/N-ethyl adjacent to an activating group) is 2. The van der Waals surface area contributed by atoms with Crippen LogP contribution in [-0.4, -0.2) is 86.6 Å². The standard InChI is InChI=1S/C20H37N5S/c1-5-21-20(23(4)10-9-19-8-7-15-26-19)22-16-18(3)17-25-13-11-24(6-2)12-14-25/h7-8,15,18H,5-6,9-14,16-17H2,1-4H3,(H,21,22). The fraction of sp³-hybridized carbons (Fsp3) is 0.750. The third-order valence-electron chi connectivity index (χ3n) is 5.00. The first kappa shape index (κ1) is 21.2. The molecular weight excluding hydrogens is 342 g/mol. The molecule has 148 valence electrons. The topological polar surface area (TPSA) is 34.1 Å². The number of guanidine groups is 1. The van der Waals surface area contributed by atoms with Crippen molar-refractivity contribution in [2.45, 2.75) is 27.2 Å². The van der Waals surface area contributed by atoms with Gasteiger partial charge in [-0.25, -0.2) is 0 Å². The Hall–Kier alpha value is -1.11. The fourth-order valence-electron chi connectivity index (χ4n) is 3.34. The maximum atomic E-state index is 4.91. The summed E-state index contributed by atoms with van der Waals surface area (Å²) in [5.74, 6) is 1.62. The second-order valence-corrected chi connectivity index (χ2v) is 8.32. The number of aliphatic imine (C=N–C) groups is 1. The van der Waals surface area contributed by atoms with Crippen molar-refractivity contribution in [1.82, 2.24) is 20.0 Å². The van der Waals surface area contributed by atoms with Gasteiger partial charge < -0.3 is 20.0 Å². The van der Waals surface area contributed by atoms with Gasteiger partial charge in [-0.2, -0.15) is 0 Å². The molecule has 6 heteroatoms. The van der Waals surface area contributed by atoms with Crippen LogP contribution in [0.5, 0.6) is 0 Å². The summed E-state index contributed by atoms with van der Waals surface area (Å²) in [6, 6.07) is 4.34. The monoisotopic (exact) mass is 379 g/mol. The quantitative estimate of drug-likeness (QED) is 0.528. The highest BCUT2D eigenvalue weighted by Crippen LogP contribution is 2.10. The van der Waals surface area contributed by atoms with Gasteiger partial charge in [0.25, 0.3) is 0 Å². The van der Waals surface area contributed by atoms with Crippen molar-refractivity contribution in [2.75, 3.05) is 66.0 Å². The number of piperazine rings is 1. The number of hydrogen-bond donors (Lipinski definition) is 1. The second kappa shape index (κ2) is 11.6. The van der Waals surface area contributed by atoms with Crippen LogP contribution in [-0.2, 0) is 6.42 Å². The minimum atomic E-state index is 0.586. The molecule has 1 unspecified atom stereocenters. The first-order chi connectivity index (χ1) is 12.6. The highest BCUT2D eigenvalue weighted by Gasteiger charge is 2.17. The van der Waals surface area contributed by atoms with E-state index in [4.69, 9.17) is 4.99 Å². The van der Waals surface area contributed by atoms with Crippen LogP contribution in [0.3, 0.4) is 0 Å². The summed E-state index contributed by atoms with van der Waals surface area (Å²) in [6.07, 6.45) is 1.08. The molecule has 1 atom stereocenters. The zero-order valence-corrected chi connectivity index (χ0v) is 17.9. The lowest BCUT2D eigenvalue weighted by Gasteiger charge is -2.35. The van der Waals surface area contributed by atoms with Gasteiger partial charge in [-0.15, -0.1) is 11.3 Å². The lowest BCUT2D eigenvalue weighted by atomic mass is 10.1. The molecule has 1 aromatic heterocycles. The molecule has 0 aromatic carbocycles. The maximum Gasteiger partial charge on any atom is 0.193 e. The summed E-state index contributed by atoms with van der Waals surface area (Å²) < 4.78 is 0. The first-order valence-corrected chi connectivity index (χ1v) is 11.0. The molecule has 0 amide bonds. The third kappa shape index (κ3) is 7.25. The summed E-state index contributed by atoms with van der Waals surface area (Å²) in [5.41, 5.74) is 0. The maximum absolute atomic E-state index is 4.91. The molecule has 5 nitrogen and oxygen atoms in total. The molecule has 0 radical (unpaired) electrons. The summed E-state index contributed by atoms with van der Waals surface area (Å²) in [7, 11) is 2.14. The Labute approximate surface area is 164 Å². The molecule has 1 saturated heterocycles. The third-order valence-corrected chi connectivity index (χ3v) is 5.94. The molecule has 26 heavy (non-hydrogen) atoms. The van der Waals surface area contributed by atoms with E-state index in [9.17, 15) is 0 Å². The van der Waals surface area contributed by atoms with Gasteiger partial charge >= 0.3 is 0 Å². The minimum Gasteiger partial charge on any atom is -0.357 e. The van der Waals surface area contributed by atoms with Gasteiger partial charge in [0.2, 0.25) is 0 Å². The molecule has 1 aliphatic rings. The number of hydrogen-bond acceptors (Lipinski definition) is 4. The van der Waals surface area contributed by atoms with E-state index in [0.29, 0.717) is 5.92 Å². The molecule has 2 rings (SSSR count). The van der Waals surface area contributed by atoms with Gasteiger partial charge in [0.15, 0.2) is 5.96 Å². The Morgan fingerprint density at radius 3 is 2.62 bits per heavy atom. The van der Waals surface area contributed by atoms with Crippen LogP contribution in [0, 0.1) is 5.92 Å². The first-order valence-electron chi connectivity index (χ1n) is 10.1. The Balaban J connectivity index is 1.77. The van der Waals surface area contributed by atoms with Crippen LogP contribution in [0.25, 0.3) is 0 Å². The van der Waals surface area contributed by atoms with Crippen LogP contribution in [0.1, 0.15) is 25.6 Å². The van der Waals surface area contributed by atoms with Crippen molar-refractivity contribution in [1.29, 1.82) is 0 Å². The molecule has 0 aliphatic carbocycles. The molecule has 1 aromatic rings. The van der Waals surface area contributed by atoms with Crippen molar-refractivity contribution >= 4 is 17.3 Å². The van der Waals surface area contributed by atoms with Crippen molar-refractivity contribution in [3.8, 4) is 0 Å². The summed E-state index contributed by atoms with van der Waals surface area (Å²) >= 11 is 1.83. The Morgan fingerprint density at radius 2 is 2.00 bits per heavy atom. The van der Waals surface area contributed by atoms with Gasteiger partial charge in [0, 0.05) is 64.3 Å². The molecule has 0 spiro atoms. The smallest absolute Gasteiger partial charge is 0.193 e. The largest absolute Gasteiger partial charge is 0.357 e. The number of thiophene rings is 1. The average Bonchev–Trinajstić information content (AvgIpc) is 3.17. The van der Waals surface area contributed by atoms with Gasteiger partial charge in [0.05, 0.1) is 0 Å². The predicted molar refractivity (Wildman–Crippen MR) is 114 cm³/mol. The van der Waals surface area contributed by atoms with E-state index in [1.54, 1.807) is 0 Å². The zero-order chi connectivity index (χ0) is 18.8. The van der Waals surface area contributed by atoms with E-state index >= 15 is 0 Å². The number of nitrogens with zero attached hydrogens (tertiary/aromatic N) is 4. The van der Waals surface area contributed by atoms with Crippen molar-refractivity contribution < 1.29 is 0 Å². The van der Waals surface area contributed by atoms with Crippen molar-refractivity contribution in [3.05, 3.63) is 22.4 Å². The summed E-state index contributed by atoms with van der Waals surface area (Å²) in [4.78, 5) is 13.7. The summed E-state index contributed by atoms with van der Waals surface area (Å²) in [6.45, 7) is 16.7. The SMILES string of the molecule is CCNC(=NCC(C)CN1CCN(CC)CC1)N(C)CCc1cccs1. The van der Waals surface area contributed by atoms with Crippen LogP contribution in [0.4, 0.5) is 0 Å². The van der Waals surface area contributed by atoms with Gasteiger partial charge in [-0.1, -0.05) is 19.9 Å². The van der Waals surface area contributed by atoms with Gasteiger partial charge in [-0.05, 0) is 37.3 Å². The van der Waals surface area contributed by atoms with E-state index in [2.05, 4.69) is 65.3 Å². The molecule has 1 N–H and O–H groups in total. The number of nitrogens with one attached hydrogen (secondary N) is 1. The molecular formula is C20H37N5S. The van der Waals surface area contributed by atoms with E-state index < -0.39 is 0 Å². The molecule has 0 bridgehead atoms. The molecule has 2 heterocycles. The van der Waals surface area contributed by atoms with Gasteiger partial charge in [0.1, 0.15) is 0 Å². The van der Waals surface area contributed by atoms with Crippen LogP contribution in [0.2, 0.25) is 0 Å². The zero-order valence-electron chi connectivity index (χ0n) is 17.1. The fourth-order valence-corrected chi connectivity index (χ4v) is 4.04. The van der Waals surface area contributed by atoms with Crippen LogP contribution < -0.4 is 5.32 Å². The Kier molecular flexibility index (Phi) is 9.43. The average molecular weight is 380 g/mol. The van der Waals surface area contributed by atoms with Crippen LogP contribution >= 0.6 is 11.3 Å². The summed E-state index contributed by atoms with van der Waals surface area (Å²) in [5, 5.41) is 5.59. The lowest BCUT2D eigenvalue weighted by Crippen LogP contribution is -2.47. The normalized spacial score (nSPS) is 18.1.